The van der Waals surface area contributed by atoms with Gasteiger partial charge in [0.15, 0.2) is 0 Å². The third-order valence-corrected chi connectivity index (χ3v) is 3.89. The average Bonchev–Trinajstić information content (AvgIpc) is 2.49. The minimum Gasteiger partial charge on any atom is -0.393 e. The lowest BCUT2D eigenvalue weighted by molar-refractivity contribution is -0.120. The molecule has 0 radical (unpaired) electrons. The Kier molecular flexibility index (Phi) is 6.27. The normalized spacial score (nSPS) is 16.7. The van der Waals surface area contributed by atoms with E-state index >= 15 is 0 Å². The number of rotatable bonds is 6. The summed E-state index contributed by atoms with van der Waals surface area (Å²) in [6, 6.07) is 3.11. The van der Waals surface area contributed by atoms with Gasteiger partial charge in [0.2, 0.25) is 5.91 Å². The molecule has 1 heterocycles. The van der Waals surface area contributed by atoms with Crippen molar-refractivity contribution in [2.75, 3.05) is 26.2 Å². The van der Waals surface area contributed by atoms with Crippen LogP contribution in [0.15, 0.2) is 18.2 Å². The molecule has 22 heavy (non-hydrogen) atoms. The van der Waals surface area contributed by atoms with Gasteiger partial charge in [0, 0.05) is 25.2 Å². The van der Waals surface area contributed by atoms with Crippen LogP contribution in [0.3, 0.4) is 0 Å². The van der Waals surface area contributed by atoms with E-state index in [0.29, 0.717) is 6.54 Å². The standard InChI is InChI=1S/C16H22F2N2O2/c17-13-2-3-15(18)12(10-13)11-16(22)19-6-1-7-20-8-4-14(21)5-9-20/h2-3,10,14,21H,1,4-9,11H2,(H,19,22). The number of carbonyl (C=O) groups excluding carboxylic acids is 1. The maximum Gasteiger partial charge on any atom is 0.224 e. The number of nitrogens with one attached hydrogen (secondary N) is 1. The van der Waals surface area contributed by atoms with Crippen LogP contribution in [-0.2, 0) is 11.2 Å². The number of likely N-dealkylation sites (tertiary alicyclic amines) is 1. The van der Waals surface area contributed by atoms with Crippen molar-refractivity contribution in [3.05, 3.63) is 35.4 Å². The van der Waals surface area contributed by atoms with Gasteiger partial charge in [-0.2, -0.15) is 0 Å². The zero-order chi connectivity index (χ0) is 15.9. The molecule has 0 atom stereocenters. The summed E-state index contributed by atoms with van der Waals surface area (Å²) in [5, 5.41) is 12.1. The van der Waals surface area contributed by atoms with E-state index in [9.17, 15) is 18.7 Å². The highest BCUT2D eigenvalue weighted by Gasteiger charge is 2.16. The summed E-state index contributed by atoms with van der Waals surface area (Å²) in [5.74, 6) is -1.42. The van der Waals surface area contributed by atoms with Crippen molar-refractivity contribution in [1.29, 1.82) is 0 Å². The van der Waals surface area contributed by atoms with Crippen LogP contribution in [0.4, 0.5) is 8.78 Å². The Labute approximate surface area is 129 Å². The van der Waals surface area contributed by atoms with Crippen molar-refractivity contribution in [3.8, 4) is 0 Å². The highest BCUT2D eigenvalue weighted by Crippen LogP contribution is 2.11. The molecule has 0 aliphatic carbocycles. The van der Waals surface area contributed by atoms with E-state index in [1.54, 1.807) is 0 Å². The van der Waals surface area contributed by atoms with Gasteiger partial charge in [0.05, 0.1) is 12.5 Å². The Bertz CT molecular complexity index is 503. The van der Waals surface area contributed by atoms with Crippen molar-refractivity contribution >= 4 is 5.91 Å². The van der Waals surface area contributed by atoms with E-state index in [0.717, 1.165) is 57.1 Å². The van der Waals surface area contributed by atoms with Gasteiger partial charge >= 0.3 is 0 Å². The number of halogens is 2. The van der Waals surface area contributed by atoms with Gasteiger partial charge in [0.25, 0.3) is 0 Å². The average molecular weight is 312 g/mol. The number of carbonyl (C=O) groups is 1. The topological polar surface area (TPSA) is 52.6 Å². The molecule has 1 aliphatic rings. The Morgan fingerprint density at radius 3 is 2.77 bits per heavy atom. The Balaban J connectivity index is 1.64. The molecule has 122 valence electrons. The molecule has 2 N–H and O–H groups in total. The van der Waals surface area contributed by atoms with Crippen LogP contribution >= 0.6 is 0 Å². The monoisotopic (exact) mass is 312 g/mol. The van der Waals surface area contributed by atoms with Crippen LogP contribution in [0.1, 0.15) is 24.8 Å². The minimum atomic E-state index is -0.566. The van der Waals surface area contributed by atoms with Gasteiger partial charge < -0.3 is 15.3 Å². The third kappa shape index (κ3) is 5.35. The molecule has 1 aromatic rings. The second kappa shape index (κ2) is 8.19. The van der Waals surface area contributed by atoms with Gasteiger partial charge in [-0.1, -0.05) is 0 Å². The van der Waals surface area contributed by atoms with Crippen LogP contribution in [0.5, 0.6) is 0 Å². The van der Waals surface area contributed by atoms with E-state index in [1.165, 1.54) is 0 Å². The molecule has 4 nitrogen and oxygen atoms in total. The fourth-order valence-corrected chi connectivity index (χ4v) is 2.59. The second-order valence-corrected chi connectivity index (χ2v) is 5.69. The van der Waals surface area contributed by atoms with Gasteiger partial charge in [-0.15, -0.1) is 0 Å². The van der Waals surface area contributed by atoms with Gasteiger partial charge in [0.1, 0.15) is 11.6 Å². The maximum atomic E-state index is 13.4. The van der Waals surface area contributed by atoms with Crippen LogP contribution < -0.4 is 5.32 Å². The highest BCUT2D eigenvalue weighted by atomic mass is 19.1. The lowest BCUT2D eigenvalue weighted by Crippen LogP contribution is -2.37. The summed E-state index contributed by atoms with van der Waals surface area (Å²) in [6.07, 6.45) is 2.06. The molecule has 0 unspecified atom stereocenters. The molecule has 1 fully saturated rings. The van der Waals surface area contributed by atoms with Gasteiger partial charge in [-0.05, 0) is 44.0 Å². The summed E-state index contributed by atoms with van der Waals surface area (Å²) in [5.41, 5.74) is 0.0718. The maximum absolute atomic E-state index is 13.4. The van der Waals surface area contributed by atoms with E-state index in [4.69, 9.17) is 0 Å². The quantitative estimate of drug-likeness (QED) is 0.782. The minimum absolute atomic E-state index is 0.0718. The van der Waals surface area contributed by atoms with E-state index in [2.05, 4.69) is 10.2 Å². The molecule has 1 amide bonds. The second-order valence-electron chi connectivity index (χ2n) is 5.69. The molecule has 1 saturated heterocycles. The number of amides is 1. The van der Waals surface area contributed by atoms with E-state index in [1.807, 2.05) is 0 Å². The molecule has 2 rings (SSSR count). The summed E-state index contributed by atoms with van der Waals surface area (Å²) >= 11 is 0. The van der Waals surface area contributed by atoms with E-state index < -0.39 is 11.6 Å². The Hall–Kier alpha value is -1.53. The fraction of sp³-hybridized carbons (Fsp3) is 0.562. The fourth-order valence-electron chi connectivity index (χ4n) is 2.59. The number of nitrogens with zero attached hydrogens (tertiary/aromatic N) is 1. The van der Waals surface area contributed by atoms with Gasteiger partial charge in [-0.25, -0.2) is 8.78 Å². The van der Waals surface area contributed by atoms with Crippen LogP contribution in [-0.4, -0.2) is 48.2 Å². The molecule has 0 aromatic heterocycles. The predicted octanol–water partition coefficient (Wildman–Crippen LogP) is 1.47. The van der Waals surface area contributed by atoms with E-state index in [-0.39, 0.29) is 24.0 Å². The van der Waals surface area contributed by atoms with Gasteiger partial charge in [-0.3, -0.25) is 4.79 Å². The van der Waals surface area contributed by atoms with Crippen molar-refractivity contribution in [3.63, 3.8) is 0 Å². The Morgan fingerprint density at radius 2 is 2.05 bits per heavy atom. The number of aliphatic hydroxyl groups is 1. The largest absolute Gasteiger partial charge is 0.393 e. The molecule has 1 aliphatic heterocycles. The molecule has 6 heteroatoms. The molecular weight excluding hydrogens is 290 g/mol. The first kappa shape index (κ1) is 16.8. The number of hydrogen-bond donors (Lipinski definition) is 2. The highest BCUT2D eigenvalue weighted by molar-refractivity contribution is 5.78. The first-order valence-corrected chi connectivity index (χ1v) is 7.65. The Morgan fingerprint density at radius 1 is 1.32 bits per heavy atom. The first-order valence-electron chi connectivity index (χ1n) is 7.65. The molecule has 0 spiro atoms. The number of benzene rings is 1. The predicted molar refractivity (Wildman–Crippen MR) is 79.4 cm³/mol. The third-order valence-electron chi connectivity index (χ3n) is 3.89. The first-order chi connectivity index (χ1) is 10.5. The number of hydrogen-bond acceptors (Lipinski definition) is 3. The summed E-state index contributed by atoms with van der Waals surface area (Å²) in [7, 11) is 0. The van der Waals surface area contributed by atoms with Crippen molar-refractivity contribution < 1.29 is 18.7 Å². The smallest absolute Gasteiger partial charge is 0.224 e. The summed E-state index contributed by atoms with van der Waals surface area (Å²) in [4.78, 5) is 14.0. The number of aliphatic hydroxyl groups excluding tert-OH is 1. The molecule has 0 saturated carbocycles. The van der Waals surface area contributed by atoms with Crippen LogP contribution in [0.2, 0.25) is 0 Å². The molecule has 0 bridgehead atoms. The summed E-state index contributed by atoms with van der Waals surface area (Å²) in [6.45, 7) is 3.13. The zero-order valence-corrected chi connectivity index (χ0v) is 12.5. The molecular formula is C16H22F2N2O2. The SMILES string of the molecule is O=C(Cc1cc(F)ccc1F)NCCCN1CCC(O)CC1. The van der Waals surface area contributed by atoms with Crippen molar-refractivity contribution in [1.82, 2.24) is 10.2 Å². The summed E-state index contributed by atoms with van der Waals surface area (Å²) < 4.78 is 26.4. The lowest BCUT2D eigenvalue weighted by atomic mass is 10.1. The molecule has 1 aromatic carbocycles. The van der Waals surface area contributed by atoms with Crippen LogP contribution in [0.25, 0.3) is 0 Å². The number of piperidine rings is 1. The zero-order valence-electron chi connectivity index (χ0n) is 12.5. The van der Waals surface area contributed by atoms with Crippen LogP contribution in [0, 0.1) is 11.6 Å². The van der Waals surface area contributed by atoms with Crippen molar-refractivity contribution in [2.45, 2.75) is 31.8 Å². The van der Waals surface area contributed by atoms with Crippen molar-refractivity contribution in [2.24, 2.45) is 0 Å². The lowest BCUT2D eigenvalue weighted by Gasteiger charge is -2.29.